The minimum absolute atomic E-state index is 0.238. The first kappa shape index (κ1) is 11.8. The minimum atomic E-state index is -4.30. The van der Waals surface area contributed by atoms with E-state index in [1.807, 2.05) is 30.3 Å². The second-order valence-electron chi connectivity index (χ2n) is 3.19. The minimum Gasteiger partial charge on any atom is -0.309 e. The van der Waals surface area contributed by atoms with Crippen molar-refractivity contribution in [3.05, 3.63) is 48.0 Å². The Balaban J connectivity index is 2.32. The van der Waals surface area contributed by atoms with Crippen LogP contribution in [0, 0.1) is 0 Å². The molecular formula is C11H12F3N. The molecule has 0 aliphatic heterocycles. The van der Waals surface area contributed by atoms with E-state index in [0.717, 1.165) is 5.56 Å². The SMILES string of the molecule is C=C(CNCc1ccccc1)C(F)(F)F. The predicted octanol–water partition coefficient (Wildman–Crippen LogP) is 2.89. The largest absolute Gasteiger partial charge is 0.413 e. The Morgan fingerprint density at radius 1 is 1.20 bits per heavy atom. The fraction of sp³-hybridized carbons (Fsp3) is 0.273. The number of nitrogens with one attached hydrogen (secondary N) is 1. The van der Waals surface area contributed by atoms with Gasteiger partial charge in [0.2, 0.25) is 0 Å². The van der Waals surface area contributed by atoms with Crippen LogP contribution in [0.3, 0.4) is 0 Å². The van der Waals surface area contributed by atoms with E-state index in [0.29, 0.717) is 6.54 Å². The zero-order valence-electron chi connectivity index (χ0n) is 8.14. The van der Waals surface area contributed by atoms with E-state index in [1.165, 1.54) is 0 Å². The van der Waals surface area contributed by atoms with Crippen molar-refractivity contribution in [2.45, 2.75) is 12.7 Å². The van der Waals surface area contributed by atoms with Crippen LogP contribution in [0.1, 0.15) is 5.56 Å². The highest BCUT2D eigenvalue weighted by atomic mass is 19.4. The lowest BCUT2D eigenvalue weighted by atomic mass is 10.2. The number of halogens is 3. The van der Waals surface area contributed by atoms with Crippen LogP contribution in [0.2, 0.25) is 0 Å². The van der Waals surface area contributed by atoms with Crippen molar-refractivity contribution in [2.24, 2.45) is 0 Å². The summed E-state index contributed by atoms with van der Waals surface area (Å²) in [7, 11) is 0. The average molecular weight is 215 g/mol. The van der Waals surface area contributed by atoms with Gasteiger partial charge in [0.15, 0.2) is 0 Å². The molecule has 0 amide bonds. The van der Waals surface area contributed by atoms with E-state index in [-0.39, 0.29) is 6.54 Å². The van der Waals surface area contributed by atoms with Crippen molar-refractivity contribution in [2.75, 3.05) is 6.54 Å². The molecule has 0 fully saturated rings. The van der Waals surface area contributed by atoms with Crippen molar-refractivity contribution in [1.29, 1.82) is 0 Å². The van der Waals surface area contributed by atoms with Gasteiger partial charge in [0, 0.05) is 18.7 Å². The Kier molecular flexibility index (Phi) is 3.91. The van der Waals surface area contributed by atoms with Crippen LogP contribution in [0.5, 0.6) is 0 Å². The zero-order chi connectivity index (χ0) is 11.3. The van der Waals surface area contributed by atoms with Gasteiger partial charge in [-0.1, -0.05) is 36.9 Å². The lowest BCUT2D eigenvalue weighted by Gasteiger charge is -2.10. The van der Waals surface area contributed by atoms with E-state index < -0.39 is 11.7 Å². The van der Waals surface area contributed by atoms with Gasteiger partial charge < -0.3 is 5.32 Å². The van der Waals surface area contributed by atoms with Gasteiger partial charge in [-0.25, -0.2) is 0 Å². The van der Waals surface area contributed by atoms with Crippen molar-refractivity contribution in [1.82, 2.24) is 5.32 Å². The van der Waals surface area contributed by atoms with Crippen LogP contribution in [0.4, 0.5) is 13.2 Å². The molecule has 1 aromatic rings. The third kappa shape index (κ3) is 4.16. The molecule has 0 aliphatic rings. The molecule has 0 aliphatic carbocycles. The molecule has 0 spiro atoms. The summed E-state index contributed by atoms with van der Waals surface area (Å²) in [4.78, 5) is 0. The van der Waals surface area contributed by atoms with Crippen LogP contribution in [0.25, 0.3) is 0 Å². The lowest BCUT2D eigenvalue weighted by molar-refractivity contribution is -0.0925. The van der Waals surface area contributed by atoms with Gasteiger partial charge in [-0.2, -0.15) is 13.2 Å². The summed E-state index contributed by atoms with van der Waals surface area (Å²) in [5, 5.41) is 2.69. The Hall–Kier alpha value is -1.29. The molecule has 1 nitrogen and oxygen atoms in total. The summed E-state index contributed by atoms with van der Waals surface area (Å²) in [6.45, 7) is 3.14. The Morgan fingerprint density at radius 3 is 2.33 bits per heavy atom. The summed E-state index contributed by atoms with van der Waals surface area (Å²) < 4.78 is 36.1. The van der Waals surface area contributed by atoms with E-state index in [9.17, 15) is 13.2 Å². The average Bonchev–Trinajstić information content (AvgIpc) is 2.18. The lowest BCUT2D eigenvalue weighted by Crippen LogP contribution is -2.24. The number of hydrogen-bond donors (Lipinski definition) is 1. The first-order valence-electron chi connectivity index (χ1n) is 4.50. The molecule has 0 radical (unpaired) electrons. The monoisotopic (exact) mass is 215 g/mol. The van der Waals surface area contributed by atoms with E-state index in [2.05, 4.69) is 11.9 Å². The van der Waals surface area contributed by atoms with Crippen LogP contribution in [0.15, 0.2) is 42.5 Å². The summed E-state index contributed by atoms with van der Waals surface area (Å²) in [6, 6.07) is 9.25. The van der Waals surface area contributed by atoms with Gasteiger partial charge in [0.25, 0.3) is 0 Å². The molecule has 4 heteroatoms. The Bertz CT molecular complexity index is 316. The fourth-order valence-corrected chi connectivity index (χ4v) is 1.05. The van der Waals surface area contributed by atoms with Gasteiger partial charge in [-0.15, -0.1) is 0 Å². The molecule has 0 heterocycles. The topological polar surface area (TPSA) is 12.0 Å². The molecule has 1 rings (SSSR count). The molecule has 0 unspecified atom stereocenters. The first-order chi connectivity index (χ1) is 7.00. The van der Waals surface area contributed by atoms with Crippen molar-refractivity contribution in [3.8, 4) is 0 Å². The molecule has 82 valence electrons. The second kappa shape index (κ2) is 4.98. The van der Waals surface area contributed by atoms with E-state index in [1.54, 1.807) is 0 Å². The highest BCUT2D eigenvalue weighted by Crippen LogP contribution is 2.22. The smallest absolute Gasteiger partial charge is 0.309 e. The molecule has 0 bridgehead atoms. The maximum absolute atomic E-state index is 12.0. The van der Waals surface area contributed by atoms with Crippen LogP contribution in [-0.4, -0.2) is 12.7 Å². The van der Waals surface area contributed by atoms with Gasteiger partial charge in [-0.05, 0) is 5.56 Å². The fourth-order valence-electron chi connectivity index (χ4n) is 1.05. The van der Waals surface area contributed by atoms with Gasteiger partial charge in [0.1, 0.15) is 0 Å². The first-order valence-corrected chi connectivity index (χ1v) is 4.50. The van der Waals surface area contributed by atoms with E-state index >= 15 is 0 Å². The summed E-state index contributed by atoms with van der Waals surface area (Å²) in [6.07, 6.45) is -4.30. The quantitative estimate of drug-likeness (QED) is 0.761. The van der Waals surface area contributed by atoms with E-state index in [4.69, 9.17) is 0 Å². The zero-order valence-corrected chi connectivity index (χ0v) is 8.14. The van der Waals surface area contributed by atoms with Crippen molar-refractivity contribution < 1.29 is 13.2 Å². The van der Waals surface area contributed by atoms with Gasteiger partial charge >= 0.3 is 6.18 Å². The molecule has 0 saturated carbocycles. The second-order valence-corrected chi connectivity index (χ2v) is 3.19. The summed E-state index contributed by atoms with van der Waals surface area (Å²) >= 11 is 0. The molecule has 1 N–H and O–H groups in total. The normalized spacial score (nSPS) is 11.4. The highest BCUT2D eigenvalue weighted by Gasteiger charge is 2.30. The summed E-state index contributed by atoms with van der Waals surface area (Å²) in [5.41, 5.74) is 0.200. The maximum atomic E-state index is 12.0. The summed E-state index contributed by atoms with van der Waals surface area (Å²) in [5.74, 6) is 0. The number of hydrogen-bond acceptors (Lipinski definition) is 1. The molecule has 15 heavy (non-hydrogen) atoms. The van der Waals surface area contributed by atoms with Crippen LogP contribution < -0.4 is 5.32 Å². The standard InChI is InChI=1S/C11H12F3N/c1-9(11(12,13)14)7-15-8-10-5-3-2-4-6-10/h2-6,15H,1,7-8H2. The maximum Gasteiger partial charge on any atom is 0.413 e. The number of alkyl halides is 3. The van der Waals surface area contributed by atoms with Crippen LogP contribution >= 0.6 is 0 Å². The molecule has 1 aromatic carbocycles. The molecule has 0 atom stereocenters. The molecule has 0 saturated heterocycles. The number of benzene rings is 1. The third-order valence-electron chi connectivity index (χ3n) is 1.91. The van der Waals surface area contributed by atoms with Gasteiger partial charge in [0.05, 0.1) is 0 Å². The third-order valence-corrected chi connectivity index (χ3v) is 1.91. The number of rotatable bonds is 4. The Morgan fingerprint density at radius 2 is 1.80 bits per heavy atom. The van der Waals surface area contributed by atoms with Gasteiger partial charge in [-0.3, -0.25) is 0 Å². The van der Waals surface area contributed by atoms with Crippen LogP contribution in [-0.2, 0) is 6.54 Å². The highest BCUT2D eigenvalue weighted by molar-refractivity contribution is 5.14. The van der Waals surface area contributed by atoms with Crippen molar-refractivity contribution >= 4 is 0 Å². The predicted molar refractivity (Wildman–Crippen MR) is 53.3 cm³/mol. The molecule has 0 aromatic heterocycles. The molecular weight excluding hydrogens is 203 g/mol. The Labute approximate surface area is 86.6 Å². The van der Waals surface area contributed by atoms with Crippen molar-refractivity contribution in [3.63, 3.8) is 0 Å².